The molecule has 1 N–H and O–H groups in total. The van der Waals surface area contributed by atoms with Crippen molar-refractivity contribution in [1.29, 1.82) is 0 Å². The number of hydrogen-bond acceptors (Lipinski definition) is 3. The largest absolute Gasteiger partial charge is 0.299 e. The van der Waals surface area contributed by atoms with E-state index in [9.17, 15) is 17.6 Å². The molecular weight excluding hydrogens is 362 g/mol. The Morgan fingerprint density at radius 3 is 2.63 bits per heavy atom. The van der Waals surface area contributed by atoms with Crippen molar-refractivity contribution >= 4 is 5.65 Å². The first-order valence-electron chi connectivity index (χ1n) is 8.06. The average Bonchev–Trinajstić information content (AvgIpc) is 3.17. The summed E-state index contributed by atoms with van der Waals surface area (Å²) in [4.78, 5) is 4.22. The van der Waals surface area contributed by atoms with Crippen molar-refractivity contribution in [3.63, 3.8) is 0 Å². The smallest absolute Gasteiger partial charge is 0.244 e. The minimum absolute atomic E-state index is 0.00595. The topological polar surface area (TPSA) is 58.9 Å². The van der Waals surface area contributed by atoms with E-state index in [4.69, 9.17) is 0 Å². The van der Waals surface area contributed by atoms with E-state index in [0.717, 1.165) is 11.8 Å². The van der Waals surface area contributed by atoms with E-state index < -0.39 is 24.5 Å². The van der Waals surface area contributed by atoms with Gasteiger partial charge in [0.2, 0.25) is 6.43 Å². The van der Waals surface area contributed by atoms with Gasteiger partial charge in [0.25, 0.3) is 0 Å². The van der Waals surface area contributed by atoms with Crippen LogP contribution in [0.25, 0.3) is 28.2 Å². The lowest BCUT2D eigenvalue weighted by atomic mass is 10.1. The zero-order valence-electron chi connectivity index (χ0n) is 14.0. The van der Waals surface area contributed by atoms with Crippen molar-refractivity contribution in [3.8, 4) is 22.5 Å². The Morgan fingerprint density at radius 1 is 1.15 bits per heavy atom. The molecule has 0 aliphatic rings. The van der Waals surface area contributed by atoms with Gasteiger partial charge in [0, 0.05) is 23.4 Å². The van der Waals surface area contributed by atoms with E-state index in [0.29, 0.717) is 23.0 Å². The molecule has 9 heteroatoms. The molecule has 5 nitrogen and oxygen atoms in total. The molecular formula is C18H13F4N5. The molecule has 0 saturated heterocycles. The molecule has 0 radical (unpaired) electrons. The number of aryl methyl sites for hydroxylation is 1. The Kier molecular flexibility index (Phi) is 4.14. The molecule has 3 heterocycles. The van der Waals surface area contributed by atoms with E-state index in [-0.39, 0.29) is 17.0 Å². The summed E-state index contributed by atoms with van der Waals surface area (Å²) in [6.07, 6.45) is -1.68. The highest BCUT2D eigenvalue weighted by Crippen LogP contribution is 2.31. The van der Waals surface area contributed by atoms with Crippen molar-refractivity contribution in [1.82, 2.24) is 24.8 Å². The second-order valence-corrected chi connectivity index (χ2v) is 6.06. The fourth-order valence-electron chi connectivity index (χ4n) is 3.04. The van der Waals surface area contributed by atoms with Crippen LogP contribution in [0.4, 0.5) is 17.6 Å². The van der Waals surface area contributed by atoms with Gasteiger partial charge in [-0.3, -0.25) is 9.50 Å². The molecule has 4 aromatic rings. The van der Waals surface area contributed by atoms with Gasteiger partial charge in [-0.25, -0.2) is 22.5 Å². The average molecular weight is 375 g/mol. The Bertz CT molecular complexity index is 1130. The van der Waals surface area contributed by atoms with Gasteiger partial charge in [0.05, 0.1) is 23.5 Å². The standard InChI is InChI=1S/C18H13F4N5/c1-9-17(25-26-24-9)10-2-5-16-23-14(7-15(21)22)18(27(16)8-10)12-4-3-11(19)6-13(12)20/h2-6,8,15H,7H2,1H3,(H,24,25,26). The van der Waals surface area contributed by atoms with Crippen LogP contribution < -0.4 is 0 Å². The van der Waals surface area contributed by atoms with Crippen molar-refractivity contribution in [3.05, 3.63) is 59.6 Å². The predicted molar refractivity (Wildman–Crippen MR) is 90.4 cm³/mol. The molecule has 0 amide bonds. The van der Waals surface area contributed by atoms with Crippen LogP contribution in [0.3, 0.4) is 0 Å². The molecule has 0 aliphatic carbocycles. The first kappa shape index (κ1) is 17.2. The van der Waals surface area contributed by atoms with E-state index in [2.05, 4.69) is 20.4 Å². The van der Waals surface area contributed by atoms with Crippen LogP contribution in [0.15, 0.2) is 36.5 Å². The summed E-state index contributed by atoms with van der Waals surface area (Å²) < 4.78 is 55.3. The fraction of sp³-hybridized carbons (Fsp3) is 0.167. The maximum Gasteiger partial charge on any atom is 0.244 e. The predicted octanol–water partition coefficient (Wildman–Crippen LogP) is 4.18. The van der Waals surface area contributed by atoms with Crippen molar-refractivity contribution in [2.75, 3.05) is 0 Å². The van der Waals surface area contributed by atoms with Gasteiger partial charge in [-0.1, -0.05) is 5.21 Å². The summed E-state index contributed by atoms with van der Waals surface area (Å²) in [5, 5.41) is 10.4. The molecule has 27 heavy (non-hydrogen) atoms. The van der Waals surface area contributed by atoms with Gasteiger partial charge in [-0.15, -0.1) is 5.10 Å². The summed E-state index contributed by atoms with van der Waals surface area (Å²) in [6.45, 7) is 1.79. The van der Waals surface area contributed by atoms with Crippen LogP contribution in [0.2, 0.25) is 0 Å². The zero-order valence-corrected chi connectivity index (χ0v) is 14.0. The van der Waals surface area contributed by atoms with Crippen LogP contribution in [-0.2, 0) is 6.42 Å². The van der Waals surface area contributed by atoms with Gasteiger partial charge in [0.15, 0.2) is 0 Å². The molecule has 1 aromatic carbocycles. The van der Waals surface area contributed by atoms with Gasteiger partial charge in [-0.05, 0) is 31.2 Å². The number of aromatic nitrogens is 5. The number of nitrogens with zero attached hydrogens (tertiary/aromatic N) is 4. The molecule has 0 fully saturated rings. The minimum atomic E-state index is -2.66. The second-order valence-electron chi connectivity index (χ2n) is 6.06. The first-order valence-corrected chi connectivity index (χ1v) is 8.06. The Hall–Kier alpha value is -3.23. The molecule has 0 spiro atoms. The third-order valence-corrected chi connectivity index (χ3v) is 4.22. The lowest BCUT2D eigenvalue weighted by molar-refractivity contribution is 0.148. The van der Waals surface area contributed by atoms with Crippen LogP contribution in [0, 0.1) is 18.6 Å². The third-order valence-electron chi connectivity index (χ3n) is 4.22. The number of rotatable bonds is 4. The number of halogens is 4. The summed E-state index contributed by atoms with van der Waals surface area (Å²) in [5.41, 5.74) is 2.50. The third kappa shape index (κ3) is 3.05. The SMILES string of the molecule is Cc1[nH]nnc1-c1ccc2nc(CC(F)F)c(-c3ccc(F)cc3F)n2c1. The Labute approximate surface area is 150 Å². The highest BCUT2D eigenvalue weighted by molar-refractivity contribution is 5.71. The van der Waals surface area contributed by atoms with E-state index in [1.54, 1.807) is 25.3 Å². The van der Waals surface area contributed by atoms with E-state index in [1.165, 1.54) is 10.5 Å². The number of imidazole rings is 1. The first-order chi connectivity index (χ1) is 12.9. The summed E-state index contributed by atoms with van der Waals surface area (Å²) in [5.74, 6) is -1.60. The van der Waals surface area contributed by atoms with Crippen molar-refractivity contribution < 1.29 is 17.6 Å². The number of hydrogen-bond donors (Lipinski definition) is 1. The second kappa shape index (κ2) is 6.49. The van der Waals surface area contributed by atoms with Crippen molar-refractivity contribution in [2.24, 2.45) is 0 Å². The van der Waals surface area contributed by atoms with E-state index >= 15 is 0 Å². The molecule has 0 saturated carbocycles. The molecule has 0 bridgehead atoms. The Balaban J connectivity index is 1.99. The number of alkyl halides is 2. The summed E-state index contributed by atoms with van der Waals surface area (Å²) in [7, 11) is 0. The van der Waals surface area contributed by atoms with Crippen LogP contribution >= 0.6 is 0 Å². The molecule has 4 rings (SSSR count). The van der Waals surface area contributed by atoms with Crippen LogP contribution in [0.5, 0.6) is 0 Å². The number of fused-ring (bicyclic) bond motifs is 1. The number of H-pyrrole nitrogens is 1. The lowest BCUT2D eigenvalue weighted by Crippen LogP contribution is -2.01. The van der Waals surface area contributed by atoms with Gasteiger partial charge < -0.3 is 0 Å². The zero-order chi connectivity index (χ0) is 19.1. The Morgan fingerprint density at radius 2 is 1.96 bits per heavy atom. The van der Waals surface area contributed by atoms with Gasteiger partial charge in [0.1, 0.15) is 23.0 Å². The number of aromatic amines is 1. The maximum absolute atomic E-state index is 14.4. The van der Waals surface area contributed by atoms with Gasteiger partial charge in [-0.2, -0.15) is 0 Å². The number of nitrogens with one attached hydrogen (secondary N) is 1. The molecule has 0 atom stereocenters. The van der Waals surface area contributed by atoms with Crippen LogP contribution in [0.1, 0.15) is 11.4 Å². The maximum atomic E-state index is 14.4. The number of pyridine rings is 1. The highest BCUT2D eigenvalue weighted by atomic mass is 19.3. The molecule has 0 unspecified atom stereocenters. The normalized spacial score (nSPS) is 11.6. The number of benzene rings is 1. The minimum Gasteiger partial charge on any atom is -0.299 e. The lowest BCUT2D eigenvalue weighted by Gasteiger charge is -2.08. The van der Waals surface area contributed by atoms with Crippen LogP contribution in [-0.4, -0.2) is 31.2 Å². The quantitative estimate of drug-likeness (QED) is 0.545. The molecule has 138 valence electrons. The molecule has 3 aromatic heterocycles. The van der Waals surface area contributed by atoms with Gasteiger partial charge >= 0.3 is 0 Å². The monoisotopic (exact) mass is 375 g/mol. The van der Waals surface area contributed by atoms with E-state index in [1.807, 2.05) is 0 Å². The molecule has 0 aliphatic heterocycles. The summed E-state index contributed by atoms with van der Waals surface area (Å²) in [6, 6.07) is 6.37. The summed E-state index contributed by atoms with van der Waals surface area (Å²) >= 11 is 0. The highest BCUT2D eigenvalue weighted by Gasteiger charge is 2.21. The van der Waals surface area contributed by atoms with Crippen molar-refractivity contribution in [2.45, 2.75) is 19.8 Å². The fourth-order valence-corrected chi connectivity index (χ4v) is 3.04.